The third-order valence-corrected chi connectivity index (χ3v) is 2.38. The van der Waals surface area contributed by atoms with E-state index in [1.807, 2.05) is 19.9 Å². The van der Waals surface area contributed by atoms with Crippen LogP contribution in [-0.4, -0.2) is 23.0 Å². The smallest absolute Gasteiger partial charge is 0.218 e. The van der Waals surface area contributed by atoms with Crippen molar-refractivity contribution in [3.8, 4) is 6.07 Å². The van der Waals surface area contributed by atoms with Crippen LogP contribution in [0.4, 0.5) is 0 Å². The minimum atomic E-state index is -0.185. The zero-order chi connectivity index (χ0) is 11.6. The molecule has 0 amide bonds. The van der Waals surface area contributed by atoms with Gasteiger partial charge in [-0.05, 0) is 25.5 Å². The molecule has 82 valence electrons. The highest BCUT2D eigenvalue weighted by Crippen LogP contribution is 2.22. The molecule has 0 spiro atoms. The molecule has 2 rings (SSSR count). The number of hydrogen-bond acceptors (Lipinski definition) is 4. The van der Waals surface area contributed by atoms with Crippen LogP contribution in [0.5, 0.6) is 0 Å². The Morgan fingerprint density at radius 1 is 1.56 bits per heavy atom. The summed E-state index contributed by atoms with van der Waals surface area (Å²) in [5.41, 5.74) is 1.55. The highest BCUT2D eigenvalue weighted by Gasteiger charge is 2.28. The van der Waals surface area contributed by atoms with Gasteiger partial charge in [-0.2, -0.15) is 5.26 Å². The SMILES string of the molecule is CC1(C)COC(c2cnccc2CC#N)=N1. The van der Waals surface area contributed by atoms with Crippen LogP contribution in [0.25, 0.3) is 0 Å². The quantitative estimate of drug-likeness (QED) is 0.754. The number of aliphatic imine (C=N–C) groups is 1. The van der Waals surface area contributed by atoms with Crippen molar-refractivity contribution in [3.63, 3.8) is 0 Å². The lowest BCUT2D eigenvalue weighted by molar-refractivity contribution is 0.279. The van der Waals surface area contributed by atoms with Gasteiger partial charge in [0.1, 0.15) is 6.61 Å². The van der Waals surface area contributed by atoms with Crippen molar-refractivity contribution in [1.82, 2.24) is 4.98 Å². The van der Waals surface area contributed by atoms with E-state index in [1.165, 1.54) is 0 Å². The van der Waals surface area contributed by atoms with Gasteiger partial charge >= 0.3 is 0 Å². The van der Waals surface area contributed by atoms with Gasteiger partial charge in [0.2, 0.25) is 5.90 Å². The van der Waals surface area contributed by atoms with E-state index in [0.717, 1.165) is 11.1 Å². The topological polar surface area (TPSA) is 58.3 Å². The predicted molar refractivity (Wildman–Crippen MR) is 60.1 cm³/mol. The van der Waals surface area contributed by atoms with Crippen molar-refractivity contribution in [2.24, 2.45) is 4.99 Å². The summed E-state index contributed by atoms with van der Waals surface area (Å²) in [5.74, 6) is 0.600. The molecular weight excluding hydrogens is 202 g/mol. The summed E-state index contributed by atoms with van der Waals surface area (Å²) >= 11 is 0. The highest BCUT2D eigenvalue weighted by atomic mass is 16.5. The maximum Gasteiger partial charge on any atom is 0.218 e. The van der Waals surface area contributed by atoms with Gasteiger partial charge < -0.3 is 4.74 Å². The van der Waals surface area contributed by atoms with E-state index in [2.05, 4.69) is 16.0 Å². The van der Waals surface area contributed by atoms with Crippen molar-refractivity contribution >= 4 is 5.90 Å². The van der Waals surface area contributed by atoms with Crippen molar-refractivity contribution in [2.75, 3.05) is 6.61 Å². The van der Waals surface area contributed by atoms with Crippen LogP contribution in [0.2, 0.25) is 0 Å². The largest absolute Gasteiger partial charge is 0.475 e. The van der Waals surface area contributed by atoms with E-state index >= 15 is 0 Å². The van der Waals surface area contributed by atoms with Crippen LogP contribution in [0.1, 0.15) is 25.0 Å². The Bertz CT molecular complexity index is 471. The van der Waals surface area contributed by atoms with E-state index in [9.17, 15) is 0 Å². The second kappa shape index (κ2) is 3.93. The van der Waals surface area contributed by atoms with Gasteiger partial charge in [0, 0.05) is 12.4 Å². The standard InChI is InChI=1S/C12H13N3O/c1-12(2)8-16-11(15-12)10-7-14-6-4-9(10)3-5-13/h4,6-7H,3,8H2,1-2H3. The van der Waals surface area contributed by atoms with E-state index in [4.69, 9.17) is 10.00 Å². The van der Waals surface area contributed by atoms with Crippen LogP contribution >= 0.6 is 0 Å². The number of aromatic nitrogens is 1. The normalized spacial score (nSPS) is 17.4. The molecule has 0 N–H and O–H groups in total. The molecule has 4 nitrogen and oxygen atoms in total. The minimum absolute atomic E-state index is 0.185. The molecule has 1 aromatic heterocycles. The summed E-state index contributed by atoms with van der Waals surface area (Å²) in [6.07, 6.45) is 3.73. The maximum absolute atomic E-state index is 8.74. The van der Waals surface area contributed by atoms with Gasteiger partial charge in [0.25, 0.3) is 0 Å². The molecule has 0 bridgehead atoms. The minimum Gasteiger partial charge on any atom is -0.475 e. The third-order valence-electron chi connectivity index (χ3n) is 2.38. The fourth-order valence-electron chi connectivity index (χ4n) is 1.58. The molecule has 1 aliphatic heterocycles. The number of nitrogens with zero attached hydrogens (tertiary/aromatic N) is 3. The second-order valence-electron chi connectivity index (χ2n) is 4.39. The molecule has 16 heavy (non-hydrogen) atoms. The van der Waals surface area contributed by atoms with Gasteiger partial charge in [0.05, 0.1) is 23.6 Å². The molecular formula is C12H13N3O. The van der Waals surface area contributed by atoms with Crippen molar-refractivity contribution in [3.05, 3.63) is 29.6 Å². The van der Waals surface area contributed by atoms with Gasteiger partial charge in [-0.25, -0.2) is 4.99 Å². The van der Waals surface area contributed by atoms with E-state index in [1.54, 1.807) is 12.4 Å². The Balaban J connectivity index is 2.38. The summed E-state index contributed by atoms with van der Waals surface area (Å²) in [6, 6.07) is 3.96. The van der Waals surface area contributed by atoms with Gasteiger partial charge in [0.15, 0.2) is 0 Å². The molecule has 0 saturated carbocycles. The Labute approximate surface area is 94.6 Å². The summed E-state index contributed by atoms with van der Waals surface area (Å²) in [5, 5.41) is 8.74. The summed E-state index contributed by atoms with van der Waals surface area (Å²) in [4.78, 5) is 8.53. The van der Waals surface area contributed by atoms with Crippen molar-refractivity contribution < 1.29 is 4.74 Å². The van der Waals surface area contributed by atoms with E-state index in [-0.39, 0.29) is 5.54 Å². The lowest BCUT2D eigenvalue weighted by Crippen LogP contribution is -2.17. The molecule has 0 saturated heterocycles. The first-order chi connectivity index (χ1) is 7.62. The van der Waals surface area contributed by atoms with Crippen molar-refractivity contribution in [2.45, 2.75) is 25.8 Å². The summed E-state index contributed by atoms with van der Waals surface area (Å²) < 4.78 is 5.54. The molecule has 2 heterocycles. The fraction of sp³-hybridized carbons (Fsp3) is 0.417. The first kappa shape index (κ1) is 10.6. The first-order valence-corrected chi connectivity index (χ1v) is 5.15. The molecule has 1 aliphatic rings. The fourth-order valence-corrected chi connectivity index (χ4v) is 1.58. The van der Waals surface area contributed by atoms with E-state index < -0.39 is 0 Å². The molecule has 0 fully saturated rings. The highest BCUT2D eigenvalue weighted by molar-refractivity contribution is 5.96. The van der Waals surface area contributed by atoms with Crippen molar-refractivity contribution in [1.29, 1.82) is 5.26 Å². The summed E-state index contributed by atoms with van der Waals surface area (Å²) in [6.45, 7) is 4.60. The van der Waals surface area contributed by atoms with Crippen LogP contribution in [0.15, 0.2) is 23.5 Å². The predicted octanol–water partition coefficient (Wildman–Crippen LogP) is 1.70. The number of hydrogen-bond donors (Lipinski definition) is 0. The third kappa shape index (κ3) is 2.03. The molecule has 0 aromatic carbocycles. The van der Waals surface area contributed by atoms with Crippen LogP contribution in [-0.2, 0) is 11.2 Å². The number of pyridine rings is 1. The van der Waals surface area contributed by atoms with Crippen LogP contribution in [0, 0.1) is 11.3 Å². The molecule has 4 heteroatoms. The van der Waals surface area contributed by atoms with Crippen LogP contribution < -0.4 is 0 Å². The first-order valence-electron chi connectivity index (χ1n) is 5.15. The Morgan fingerprint density at radius 3 is 3.00 bits per heavy atom. The maximum atomic E-state index is 8.74. The average molecular weight is 215 g/mol. The molecule has 1 aromatic rings. The molecule has 0 radical (unpaired) electrons. The molecule has 0 unspecified atom stereocenters. The monoisotopic (exact) mass is 215 g/mol. The van der Waals surface area contributed by atoms with Crippen LogP contribution in [0.3, 0.4) is 0 Å². The number of ether oxygens (including phenoxy) is 1. The van der Waals surface area contributed by atoms with Gasteiger partial charge in [-0.1, -0.05) is 0 Å². The zero-order valence-electron chi connectivity index (χ0n) is 9.40. The Kier molecular flexibility index (Phi) is 2.61. The van der Waals surface area contributed by atoms with Gasteiger partial charge in [-0.15, -0.1) is 0 Å². The lowest BCUT2D eigenvalue weighted by atomic mass is 10.1. The Morgan fingerprint density at radius 2 is 2.38 bits per heavy atom. The Hall–Kier alpha value is -1.89. The number of nitriles is 1. The lowest BCUT2D eigenvalue weighted by Gasteiger charge is -2.07. The average Bonchev–Trinajstić information content (AvgIpc) is 2.60. The van der Waals surface area contributed by atoms with Gasteiger partial charge in [-0.3, -0.25) is 4.98 Å². The number of rotatable bonds is 2. The zero-order valence-corrected chi connectivity index (χ0v) is 9.40. The molecule has 0 aliphatic carbocycles. The van der Waals surface area contributed by atoms with E-state index in [0.29, 0.717) is 18.9 Å². The summed E-state index contributed by atoms with van der Waals surface area (Å²) in [7, 11) is 0. The molecule has 0 atom stereocenters. The second-order valence-corrected chi connectivity index (χ2v) is 4.39.